The van der Waals surface area contributed by atoms with Gasteiger partial charge in [-0.2, -0.15) is 0 Å². The molecule has 0 heterocycles. The number of fused-ring (bicyclic) bond motifs is 2. The minimum atomic E-state index is -0.555. The smallest absolute Gasteiger partial charge is 0.338 e. The van der Waals surface area contributed by atoms with Gasteiger partial charge in [-0.25, -0.2) is 4.79 Å². The van der Waals surface area contributed by atoms with E-state index in [1.54, 1.807) is 24.3 Å². The van der Waals surface area contributed by atoms with E-state index in [0.29, 0.717) is 34.5 Å². The Hall–Kier alpha value is -2.04. The molecule has 3 fully saturated rings. The maximum absolute atomic E-state index is 12.5. The molecule has 1 amide bonds. The second-order valence-electron chi connectivity index (χ2n) is 7.68. The summed E-state index contributed by atoms with van der Waals surface area (Å²) >= 11 is 0. The third kappa shape index (κ3) is 2.99. The molecule has 1 aromatic carbocycles. The molecule has 0 saturated heterocycles. The second kappa shape index (κ2) is 6.11. The normalized spacial score (nSPS) is 30.1. The first kappa shape index (κ1) is 16.8. The van der Waals surface area contributed by atoms with Crippen LogP contribution in [0.2, 0.25) is 0 Å². The fourth-order valence-corrected chi connectivity index (χ4v) is 4.33. The van der Waals surface area contributed by atoms with Crippen molar-refractivity contribution in [3.8, 4) is 5.75 Å². The molecule has 0 aliphatic heterocycles. The molecule has 3 saturated carbocycles. The monoisotopic (exact) mass is 331 g/mol. The van der Waals surface area contributed by atoms with E-state index in [-0.39, 0.29) is 18.7 Å². The molecule has 4 rings (SSSR count). The maximum atomic E-state index is 12.5. The molecular weight excluding hydrogens is 306 g/mol. The largest absolute Gasteiger partial charge is 0.484 e. The highest BCUT2D eigenvalue weighted by Gasteiger charge is 2.57. The van der Waals surface area contributed by atoms with Gasteiger partial charge in [-0.05, 0) is 54.2 Å². The van der Waals surface area contributed by atoms with E-state index >= 15 is 0 Å². The minimum absolute atomic E-state index is 0.0236. The first-order valence-electron chi connectivity index (χ1n) is 8.51. The van der Waals surface area contributed by atoms with Crippen LogP contribution in [0.5, 0.6) is 5.75 Å². The third-order valence-electron chi connectivity index (χ3n) is 5.99. The van der Waals surface area contributed by atoms with Crippen molar-refractivity contribution in [2.75, 3.05) is 6.61 Å². The first-order valence-corrected chi connectivity index (χ1v) is 8.51. The Kier molecular flexibility index (Phi) is 4.28. The summed E-state index contributed by atoms with van der Waals surface area (Å²) in [7, 11) is 0. The highest BCUT2D eigenvalue weighted by molar-refractivity contribution is 5.90. The number of benzene rings is 1. The van der Waals surface area contributed by atoms with Crippen molar-refractivity contribution in [3.05, 3.63) is 29.8 Å². The molecule has 5 heteroatoms. The predicted octanol–water partition coefficient (Wildman–Crippen LogP) is 2.78. The van der Waals surface area contributed by atoms with Crippen LogP contribution < -0.4 is 10.5 Å². The van der Waals surface area contributed by atoms with E-state index in [9.17, 15) is 9.59 Å². The third-order valence-corrected chi connectivity index (χ3v) is 5.99. The van der Waals surface area contributed by atoms with Crippen LogP contribution in [0.4, 0.5) is 0 Å². The topological polar surface area (TPSA) is 78.6 Å². The number of esters is 1. The van der Waals surface area contributed by atoms with Crippen LogP contribution in [0.3, 0.4) is 0 Å². The Morgan fingerprint density at radius 2 is 2.04 bits per heavy atom. The quantitative estimate of drug-likeness (QED) is 0.842. The maximum Gasteiger partial charge on any atom is 0.338 e. The van der Waals surface area contributed by atoms with Crippen molar-refractivity contribution < 1.29 is 19.1 Å². The van der Waals surface area contributed by atoms with Crippen LogP contribution in [0.15, 0.2) is 24.3 Å². The number of carbonyl (C=O) groups excluding carboxylic acids is 2. The van der Waals surface area contributed by atoms with E-state index < -0.39 is 5.91 Å². The number of ether oxygens (including phenoxy) is 2. The number of carbonyl (C=O) groups is 2. The van der Waals surface area contributed by atoms with Gasteiger partial charge in [0.15, 0.2) is 6.61 Å². The number of hydrogen-bond donors (Lipinski definition) is 1. The predicted molar refractivity (Wildman–Crippen MR) is 89.5 cm³/mol. The molecule has 0 spiro atoms. The van der Waals surface area contributed by atoms with E-state index in [1.165, 1.54) is 6.42 Å². The fraction of sp³-hybridized carbons (Fsp3) is 0.579. The molecule has 2 bridgehead atoms. The van der Waals surface area contributed by atoms with Crippen molar-refractivity contribution >= 4 is 11.9 Å². The lowest BCUT2D eigenvalue weighted by atomic mass is 9.45. The van der Waals surface area contributed by atoms with Crippen molar-refractivity contribution in [1.82, 2.24) is 0 Å². The van der Waals surface area contributed by atoms with Gasteiger partial charge >= 0.3 is 5.97 Å². The summed E-state index contributed by atoms with van der Waals surface area (Å²) in [5.74, 6) is 1.18. The zero-order chi connectivity index (χ0) is 17.5. The average Bonchev–Trinajstić information content (AvgIpc) is 2.54. The standard InChI is InChI=1S/C19H25NO4/c1-11-15-8-13(19(15,2)3)9-16(11)24-18(22)12-5-4-6-14(7-12)23-10-17(20)21/h4-7,11,13,15-16H,8-10H2,1-3H3,(H2,20,21)/t11-,13-,15-,16+/m1/s1. The molecule has 4 atom stereocenters. The molecule has 3 aliphatic rings. The summed E-state index contributed by atoms with van der Waals surface area (Å²) in [6, 6.07) is 6.67. The van der Waals surface area contributed by atoms with Crippen LogP contribution in [0.1, 0.15) is 44.0 Å². The molecule has 0 radical (unpaired) electrons. The average molecular weight is 331 g/mol. The summed E-state index contributed by atoms with van der Waals surface area (Å²) in [6.45, 7) is 6.61. The number of primary amides is 1. The van der Waals surface area contributed by atoms with Crippen molar-refractivity contribution in [2.45, 2.75) is 39.7 Å². The molecule has 0 aromatic heterocycles. The lowest BCUT2D eigenvalue weighted by Gasteiger charge is -2.61. The zero-order valence-electron chi connectivity index (χ0n) is 14.5. The zero-order valence-corrected chi connectivity index (χ0v) is 14.5. The summed E-state index contributed by atoms with van der Waals surface area (Å²) in [6.07, 6.45) is 2.16. The Balaban J connectivity index is 1.63. The van der Waals surface area contributed by atoms with Crippen LogP contribution >= 0.6 is 0 Å². The number of amides is 1. The first-order chi connectivity index (χ1) is 11.3. The van der Waals surface area contributed by atoms with Gasteiger partial charge in [0.1, 0.15) is 11.9 Å². The summed E-state index contributed by atoms with van der Waals surface area (Å²) in [5.41, 5.74) is 5.86. The fourth-order valence-electron chi connectivity index (χ4n) is 4.33. The van der Waals surface area contributed by atoms with Gasteiger partial charge in [0.2, 0.25) is 0 Å². The minimum Gasteiger partial charge on any atom is -0.484 e. The highest BCUT2D eigenvalue weighted by Crippen LogP contribution is 2.61. The van der Waals surface area contributed by atoms with Crippen LogP contribution in [0, 0.1) is 23.2 Å². The van der Waals surface area contributed by atoms with E-state index in [1.807, 2.05) is 0 Å². The molecule has 1 aromatic rings. The molecule has 5 nitrogen and oxygen atoms in total. The van der Waals surface area contributed by atoms with Gasteiger partial charge in [-0.3, -0.25) is 4.79 Å². The van der Waals surface area contributed by atoms with Crippen LogP contribution in [-0.2, 0) is 9.53 Å². The van der Waals surface area contributed by atoms with Gasteiger partial charge in [0.25, 0.3) is 5.91 Å². The molecule has 24 heavy (non-hydrogen) atoms. The number of hydrogen-bond acceptors (Lipinski definition) is 4. The lowest BCUT2D eigenvalue weighted by molar-refractivity contribution is -0.156. The lowest BCUT2D eigenvalue weighted by Crippen LogP contribution is -2.57. The Labute approximate surface area is 142 Å². The summed E-state index contributed by atoms with van der Waals surface area (Å²) in [4.78, 5) is 23.2. The molecule has 130 valence electrons. The second-order valence-corrected chi connectivity index (χ2v) is 7.68. The summed E-state index contributed by atoms with van der Waals surface area (Å²) < 4.78 is 11.0. The molecular formula is C19H25NO4. The summed E-state index contributed by atoms with van der Waals surface area (Å²) in [5, 5.41) is 0. The van der Waals surface area contributed by atoms with Crippen LogP contribution in [-0.4, -0.2) is 24.6 Å². The van der Waals surface area contributed by atoms with Gasteiger partial charge in [-0.1, -0.05) is 26.8 Å². The van der Waals surface area contributed by atoms with Crippen molar-refractivity contribution in [1.29, 1.82) is 0 Å². The Bertz CT molecular complexity index is 655. The van der Waals surface area contributed by atoms with E-state index in [0.717, 1.165) is 6.42 Å². The van der Waals surface area contributed by atoms with E-state index in [4.69, 9.17) is 15.2 Å². The SMILES string of the molecule is C[C@H]1[C@@H](OC(=O)c2cccc(OCC(N)=O)c2)C[C@H]2C[C@H]1C2(C)C. The van der Waals surface area contributed by atoms with E-state index in [2.05, 4.69) is 20.8 Å². The molecule has 2 N–H and O–H groups in total. The van der Waals surface area contributed by atoms with Gasteiger partial charge in [-0.15, -0.1) is 0 Å². The number of rotatable bonds is 5. The van der Waals surface area contributed by atoms with Gasteiger partial charge in [0.05, 0.1) is 5.56 Å². The Morgan fingerprint density at radius 1 is 1.29 bits per heavy atom. The van der Waals surface area contributed by atoms with Gasteiger partial charge in [0, 0.05) is 0 Å². The Morgan fingerprint density at radius 3 is 2.67 bits per heavy atom. The highest BCUT2D eigenvalue weighted by atomic mass is 16.5. The molecule has 3 aliphatic carbocycles. The van der Waals surface area contributed by atoms with Crippen molar-refractivity contribution in [3.63, 3.8) is 0 Å². The number of nitrogens with two attached hydrogens (primary N) is 1. The van der Waals surface area contributed by atoms with Crippen molar-refractivity contribution in [2.24, 2.45) is 28.9 Å². The van der Waals surface area contributed by atoms with Crippen LogP contribution in [0.25, 0.3) is 0 Å². The van der Waals surface area contributed by atoms with Gasteiger partial charge < -0.3 is 15.2 Å². The molecule has 0 unspecified atom stereocenters.